The summed E-state index contributed by atoms with van der Waals surface area (Å²) < 4.78 is 28.5. The predicted molar refractivity (Wildman–Crippen MR) is 83.2 cm³/mol. The van der Waals surface area contributed by atoms with Crippen LogP contribution < -0.4 is 0 Å². The third kappa shape index (κ3) is 3.81. The number of piperidine rings is 1. The van der Waals surface area contributed by atoms with Gasteiger partial charge in [0.1, 0.15) is 5.60 Å². The zero-order valence-electron chi connectivity index (χ0n) is 11.5. The van der Waals surface area contributed by atoms with Crippen molar-refractivity contribution >= 4 is 26.9 Å². The van der Waals surface area contributed by atoms with E-state index in [4.69, 9.17) is 4.18 Å². The van der Waals surface area contributed by atoms with E-state index in [1.54, 1.807) is 0 Å². The largest absolute Gasteiger partial charge is 0.303 e. The lowest BCUT2D eigenvalue weighted by Crippen LogP contribution is -2.44. The maximum Gasteiger partial charge on any atom is 0.258 e. The van der Waals surface area contributed by atoms with Gasteiger partial charge in [-0.05, 0) is 43.5 Å². The Morgan fingerprint density at radius 1 is 1.25 bits per heavy atom. The van der Waals surface area contributed by atoms with Crippen molar-refractivity contribution in [2.24, 2.45) is 0 Å². The Bertz CT molecular complexity index is 500. The number of halogens is 1. The van der Waals surface area contributed by atoms with Crippen molar-refractivity contribution in [1.29, 1.82) is 0 Å². The summed E-state index contributed by atoms with van der Waals surface area (Å²) in [6, 6.07) is 7.74. The molecule has 4 nitrogen and oxygen atoms in total. The Morgan fingerprint density at radius 2 is 1.85 bits per heavy atom. The normalized spacial score (nSPS) is 19.4. The van der Waals surface area contributed by atoms with Crippen LogP contribution in [0.15, 0.2) is 28.7 Å². The van der Waals surface area contributed by atoms with Gasteiger partial charge < -0.3 is 4.90 Å². The molecule has 1 saturated heterocycles. The van der Waals surface area contributed by atoms with Gasteiger partial charge >= 0.3 is 0 Å². The molecule has 0 bridgehead atoms. The number of hydrogen-bond donors (Lipinski definition) is 1. The van der Waals surface area contributed by atoms with Crippen LogP contribution in [0.25, 0.3) is 0 Å². The molecule has 1 aliphatic heterocycles. The first-order valence-corrected chi connectivity index (χ1v) is 8.76. The number of likely N-dealkylation sites (tertiary alicyclic amines) is 1. The van der Waals surface area contributed by atoms with Gasteiger partial charge in [0.25, 0.3) is 11.0 Å². The SMILES string of the molecule is CCCN1CCC(O[SH](=O)=O)(c2ccc(Br)cc2)CC1. The molecule has 0 atom stereocenters. The molecule has 1 fully saturated rings. The van der Waals surface area contributed by atoms with E-state index < -0.39 is 16.6 Å². The summed E-state index contributed by atoms with van der Waals surface area (Å²) in [5.41, 5.74) is 0.246. The molecular formula is C14H20BrNO3S. The molecule has 0 saturated carbocycles. The van der Waals surface area contributed by atoms with Crippen LogP contribution in [0.5, 0.6) is 0 Å². The van der Waals surface area contributed by atoms with Crippen molar-refractivity contribution in [2.75, 3.05) is 19.6 Å². The highest BCUT2D eigenvalue weighted by Crippen LogP contribution is 2.37. The zero-order chi connectivity index (χ0) is 14.6. The summed E-state index contributed by atoms with van der Waals surface area (Å²) in [7, 11) is -2.86. The topological polar surface area (TPSA) is 46.6 Å². The minimum Gasteiger partial charge on any atom is -0.303 e. The third-order valence-electron chi connectivity index (χ3n) is 3.82. The Hall–Kier alpha value is -0.430. The minimum atomic E-state index is -2.86. The van der Waals surface area contributed by atoms with Gasteiger partial charge in [-0.3, -0.25) is 4.18 Å². The summed E-state index contributed by atoms with van der Waals surface area (Å²) in [5.74, 6) is 0. The molecule has 6 heteroatoms. The fraction of sp³-hybridized carbons (Fsp3) is 0.571. The van der Waals surface area contributed by atoms with Crippen molar-refractivity contribution in [3.63, 3.8) is 0 Å². The highest BCUT2D eigenvalue weighted by Gasteiger charge is 2.38. The lowest BCUT2D eigenvalue weighted by molar-refractivity contribution is 0.00678. The van der Waals surface area contributed by atoms with E-state index in [1.165, 1.54) is 0 Å². The fourth-order valence-corrected chi connectivity index (χ4v) is 3.62. The first kappa shape index (κ1) is 15.9. The minimum absolute atomic E-state index is 0.694. The summed E-state index contributed by atoms with van der Waals surface area (Å²) in [6.07, 6.45) is 2.53. The van der Waals surface area contributed by atoms with Crippen LogP contribution in [0, 0.1) is 0 Å². The van der Waals surface area contributed by atoms with Gasteiger partial charge in [-0.25, -0.2) is 8.42 Å². The van der Waals surface area contributed by atoms with Gasteiger partial charge in [0.05, 0.1) is 0 Å². The van der Waals surface area contributed by atoms with E-state index in [9.17, 15) is 8.42 Å². The summed E-state index contributed by atoms with van der Waals surface area (Å²) in [5, 5.41) is 0. The average Bonchev–Trinajstić information content (AvgIpc) is 2.41. The summed E-state index contributed by atoms with van der Waals surface area (Å²) >= 11 is 3.40. The first-order chi connectivity index (χ1) is 9.55. The van der Waals surface area contributed by atoms with E-state index in [0.29, 0.717) is 12.8 Å². The van der Waals surface area contributed by atoms with Gasteiger partial charge in [-0.15, -0.1) is 0 Å². The van der Waals surface area contributed by atoms with Crippen molar-refractivity contribution in [3.05, 3.63) is 34.3 Å². The molecular weight excluding hydrogens is 342 g/mol. The summed E-state index contributed by atoms with van der Waals surface area (Å²) in [4.78, 5) is 2.36. The predicted octanol–water partition coefficient (Wildman–Crippen LogP) is 2.69. The fourth-order valence-electron chi connectivity index (χ4n) is 2.78. The molecule has 1 heterocycles. The Kier molecular flexibility index (Phi) is 5.60. The molecule has 1 aromatic rings. The van der Waals surface area contributed by atoms with E-state index in [0.717, 1.165) is 36.1 Å². The van der Waals surface area contributed by atoms with Crippen LogP contribution in [-0.4, -0.2) is 33.0 Å². The number of rotatable bonds is 5. The number of benzene rings is 1. The lowest BCUT2D eigenvalue weighted by Gasteiger charge is -2.40. The molecule has 0 amide bonds. The Morgan fingerprint density at radius 3 is 2.35 bits per heavy atom. The average molecular weight is 362 g/mol. The van der Waals surface area contributed by atoms with E-state index in [2.05, 4.69) is 27.8 Å². The van der Waals surface area contributed by atoms with Crippen molar-refractivity contribution < 1.29 is 12.6 Å². The van der Waals surface area contributed by atoms with Gasteiger partial charge in [0.15, 0.2) is 0 Å². The second-order valence-corrected chi connectivity index (χ2v) is 6.70. The summed E-state index contributed by atoms with van der Waals surface area (Å²) in [6.45, 7) is 4.95. The zero-order valence-corrected chi connectivity index (χ0v) is 14.0. The second kappa shape index (κ2) is 7.02. The number of hydrogen-bond acceptors (Lipinski definition) is 4. The molecule has 0 aliphatic carbocycles. The number of nitrogens with zero attached hydrogens (tertiary/aromatic N) is 1. The van der Waals surface area contributed by atoms with Crippen molar-refractivity contribution in [3.8, 4) is 0 Å². The molecule has 1 aromatic carbocycles. The van der Waals surface area contributed by atoms with E-state index >= 15 is 0 Å². The van der Waals surface area contributed by atoms with Crippen LogP contribution in [-0.2, 0) is 20.8 Å². The maximum absolute atomic E-state index is 11.1. The smallest absolute Gasteiger partial charge is 0.258 e. The monoisotopic (exact) mass is 361 g/mol. The van der Waals surface area contributed by atoms with E-state index in [1.807, 2.05) is 24.3 Å². The van der Waals surface area contributed by atoms with Crippen molar-refractivity contribution in [1.82, 2.24) is 4.90 Å². The molecule has 112 valence electrons. The van der Waals surface area contributed by atoms with Gasteiger partial charge in [-0.1, -0.05) is 35.0 Å². The van der Waals surface area contributed by atoms with Crippen LogP contribution in [0.2, 0.25) is 0 Å². The maximum atomic E-state index is 11.1. The molecule has 0 aromatic heterocycles. The second-order valence-electron chi connectivity index (χ2n) is 5.16. The van der Waals surface area contributed by atoms with Gasteiger partial charge in [-0.2, -0.15) is 0 Å². The quantitative estimate of drug-likeness (QED) is 0.819. The Labute approximate surface area is 130 Å². The molecule has 0 N–H and O–H groups in total. The number of thiol groups is 1. The lowest BCUT2D eigenvalue weighted by atomic mass is 9.84. The Balaban J connectivity index is 2.21. The standard InChI is InChI=1S/C14H20BrNO3S/c1-2-9-16-10-7-14(8-11-16,19-20(17)18)12-3-5-13(15)6-4-12/h3-6,20H,2,7-11H2,1H3. The van der Waals surface area contributed by atoms with E-state index in [-0.39, 0.29) is 0 Å². The molecule has 2 rings (SSSR count). The third-order valence-corrected chi connectivity index (χ3v) is 4.85. The van der Waals surface area contributed by atoms with Crippen molar-refractivity contribution in [2.45, 2.75) is 31.8 Å². The van der Waals surface area contributed by atoms with Gasteiger partial charge in [0, 0.05) is 17.6 Å². The molecule has 1 aliphatic rings. The molecule has 0 spiro atoms. The molecule has 0 unspecified atom stereocenters. The van der Waals surface area contributed by atoms with Crippen LogP contribution in [0.3, 0.4) is 0 Å². The van der Waals surface area contributed by atoms with Gasteiger partial charge in [0.2, 0.25) is 0 Å². The first-order valence-electron chi connectivity index (χ1n) is 6.88. The van der Waals surface area contributed by atoms with Crippen LogP contribution in [0.4, 0.5) is 0 Å². The molecule has 0 radical (unpaired) electrons. The highest BCUT2D eigenvalue weighted by molar-refractivity contribution is 9.10. The van der Waals surface area contributed by atoms with Crippen LogP contribution >= 0.6 is 15.9 Å². The van der Waals surface area contributed by atoms with Crippen LogP contribution in [0.1, 0.15) is 31.7 Å². The molecule has 20 heavy (non-hydrogen) atoms. The highest BCUT2D eigenvalue weighted by atomic mass is 79.9.